The predicted octanol–water partition coefficient (Wildman–Crippen LogP) is 4.82. The molecule has 5 heteroatoms. The Labute approximate surface area is 170 Å². The van der Waals surface area contributed by atoms with Gasteiger partial charge < -0.3 is 10.2 Å². The molecule has 1 saturated heterocycles. The molecule has 2 fully saturated rings. The summed E-state index contributed by atoms with van der Waals surface area (Å²) >= 11 is 1.65. The van der Waals surface area contributed by atoms with Crippen molar-refractivity contribution in [2.45, 2.75) is 49.1 Å². The summed E-state index contributed by atoms with van der Waals surface area (Å²) in [6.07, 6.45) is 7.20. The highest BCUT2D eigenvalue weighted by Crippen LogP contribution is 2.41. The first-order valence-corrected chi connectivity index (χ1v) is 11.2. The molecule has 4 rings (SSSR count). The van der Waals surface area contributed by atoms with Gasteiger partial charge in [-0.25, -0.2) is 0 Å². The lowest BCUT2D eigenvalue weighted by atomic mass is 9.84. The van der Waals surface area contributed by atoms with Gasteiger partial charge in [0.15, 0.2) is 0 Å². The highest BCUT2D eigenvalue weighted by atomic mass is 32.2. The van der Waals surface area contributed by atoms with Crippen molar-refractivity contribution in [2.24, 2.45) is 5.92 Å². The fourth-order valence-electron chi connectivity index (χ4n) is 4.64. The van der Waals surface area contributed by atoms with Crippen LogP contribution in [0.4, 0.5) is 5.69 Å². The van der Waals surface area contributed by atoms with E-state index in [0.29, 0.717) is 11.5 Å². The summed E-state index contributed by atoms with van der Waals surface area (Å²) in [6, 6.07) is 17.0. The maximum Gasteiger partial charge on any atom is 0.254 e. The van der Waals surface area contributed by atoms with E-state index in [2.05, 4.69) is 5.32 Å². The lowest BCUT2D eigenvalue weighted by Gasteiger charge is -2.33. The Kier molecular flexibility index (Phi) is 5.72. The first kappa shape index (κ1) is 19.1. The molecule has 3 unspecified atom stereocenters. The van der Waals surface area contributed by atoms with E-state index < -0.39 is 6.04 Å². The maximum atomic E-state index is 13.3. The molecule has 28 heavy (non-hydrogen) atoms. The molecule has 3 atom stereocenters. The molecule has 1 N–H and O–H groups in total. The van der Waals surface area contributed by atoms with Crippen molar-refractivity contribution in [2.75, 3.05) is 11.6 Å². The number of anilines is 1. The largest absolute Gasteiger partial charge is 0.324 e. The molecule has 2 aromatic rings. The van der Waals surface area contributed by atoms with Gasteiger partial charge in [-0.05, 0) is 61.8 Å². The number of likely N-dealkylation sites (tertiary alicyclic amines) is 1. The molecular weight excluding hydrogens is 368 g/mol. The number of rotatable bonds is 4. The molecule has 2 aliphatic rings. The van der Waals surface area contributed by atoms with E-state index in [9.17, 15) is 9.59 Å². The summed E-state index contributed by atoms with van der Waals surface area (Å²) in [5.74, 6) is 0.333. The molecule has 146 valence electrons. The number of nitrogens with zero attached hydrogens (tertiary/aromatic N) is 1. The quantitative estimate of drug-likeness (QED) is 0.757. The van der Waals surface area contributed by atoms with Crippen LogP contribution in [0.3, 0.4) is 0 Å². The van der Waals surface area contributed by atoms with Crippen molar-refractivity contribution in [1.82, 2.24) is 4.90 Å². The van der Waals surface area contributed by atoms with Gasteiger partial charge in [-0.3, -0.25) is 9.59 Å². The van der Waals surface area contributed by atoms with Crippen molar-refractivity contribution < 1.29 is 9.59 Å². The first-order valence-electron chi connectivity index (χ1n) is 10.00. The Morgan fingerprint density at radius 1 is 1.04 bits per heavy atom. The molecule has 0 radical (unpaired) electrons. The standard InChI is InChI=1S/C23H26N2O2S/c1-28-19-12-7-11-18(15-19)24-22(26)21-14-17-10-5-6-13-20(17)25(21)23(27)16-8-3-2-4-9-16/h2-4,7-9,11-12,15,17,20-21H,5-6,10,13-14H2,1H3,(H,24,26). The first-order chi connectivity index (χ1) is 13.7. The highest BCUT2D eigenvalue weighted by molar-refractivity contribution is 7.98. The van der Waals surface area contributed by atoms with Crippen LogP contribution in [0, 0.1) is 5.92 Å². The number of hydrogen-bond acceptors (Lipinski definition) is 3. The normalized spacial score (nSPS) is 23.9. The minimum Gasteiger partial charge on any atom is -0.324 e. The molecule has 0 bridgehead atoms. The van der Waals surface area contributed by atoms with Crippen LogP contribution in [0.25, 0.3) is 0 Å². The average molecular weight is 395 g/mol. The molecule has 1 aliphatic heterocycles. The van der Waals surface area contributed by atoms with Crippen molar-refractivity contribution in [3.05, 3.63) is 60.2 Å². The van der Waals surface area contributed by atoms with Crippen molar-refractivity contribution in [1.29, 1.82) is 0 Å². The fraction of sp³-hybridized carbons (Fsp3) is 0.391. The molecule has 1 heterocycles. The van der Waals surface area contributed by atoms with Gasteiger partial charge in [0, 0.05) is 22.2 Å². The Morgan fingerprint density at radius 3 is 2.61 bits per heavy atom. The Bertz CT molecular complexity index is 855. The van der Waals surface area contributed by atoms with Gasteiger partial charge in [-0.1, -0.05) is 37.1 Å². The number of fused-ring (bicyclic) bond motifs is 1. The summed E-state index contributed by atoms with van der Waals surface area (Å²) in [4.78, 5) is 29.5. The SMILES string of the molecule is CSc1cccc(NC(=O)C2CC3CCCCC3N2C(=O)c2ccccc2)c1. The smallest absolute Gasteiger partial charge is 0.254 e. The topological polar surface area (TPSA) is 49.4 Å². The van der Waals surface area contributed by atoms with Crippen LogP contribution in [0.1, 0.15) is 42.5 Å². The minimum atomic E-state index is -0.404. The van der Waals surface area contributed by atoms with Gasteiger partial charge in [0.05, 0.1) is 0 Å². The van der Waals surface area contributed by atoms with E-state index in [4.69, 9.17) is 0 Å². The van der Waals surface area contributed by atoms with Crippen molar-refractivity contribution in [3.63, 3.8) is 0 Å². The predicted molar refractivity (Wildman–Crippen MR) is 114 cm³/mol. The van der Waals surface area contributed by atoms with Gasteiger partial charge in [0.25, 0.3) is 5.91 Å². The van der Waals surface area contributed by atoms with Crippen LogP contribution >= 0.6 is 11.8 Å². The maximum absolute atomic E-state index is 13.3. The summed E-state index contributed by atoms with van der Waals surface area (Å²) in [5.41, 5.74) is 1.45. The molecule has 1 saturated carbocycles. The van der Waals surface area contributed by atoms with E-state index in [1.165, 1.54) is 6.42 Å². The van der Waals surface area contributed by atoms with Crippen LogP contribution in [0.15, 0.2) is 59.5 Å². The van der Waals surface area contributed by atoms with Gasteiger partial charge in [0.1, 0.15) is 6.04 Å². The van der Waals surface area contributed by atoms with E-state index >= 15 is 0 Å². The van der Waals surface area contributed by atoms with Crippen LogP contribution in [-0.4, -0.2) is 35.1 Å². The highest BCUT2D eigenvalue weighted by Gasteiger charge is 2.47. The van der Waals surface area contributed by atoms with E-state index in [1.807, 2.05) is 65.8 Å². The van der Waals surface area contributed by atoms with Crippen LogP contribution in [-0.2, 0) is 4.79 Å². The molecule has 1 aliphatic carbocycles. The lowest BCUT2D eigenvalue weighted by molar-refractivity contribution is -0.120. The third kappa shape index (κ3) is 3.81. The zero-order valence-electron chi connectivity index (χ0n) is 16.1. The van der Waals surface area contributed by atoms with E-state index in [1.54, 1.807) is 11.8 Å². The second-order valence-electron chi connectivity index (χ2n) is 7.66. The summed E-state index contributed by atoms with van der Waals surface area (Å²) < 4.78 is 0. The number of benzene rings is 2. The zero-order chi connectivity index (χ0) is 19.5. The van der Waals surface area contributed by atoms with Crippen LogP contribution < -0.4 is 5.32 Å². The van der Waals surface area contributed by atoms with Crippen LogP contribution in [0.5, 0.6) is 0 Å². The Balaban J connectivity index is 1.59. The lowest BCUT2D eigenvalue weighted by Crippen LogP contribution is -2.47. The number of carbonyl (C=O) groups excluding carboxylic acids is 2. The van der Waals surface area contributed by atoms with Gasteiger partial charge >= 0.3 is 0 Å². The monoisotopic (exact) mass is 394 g/mol. The molecule has 0 spiro atoms. The number of thioether (sulfide) groups is 1. The molecule has 0 aromatic heterocycles. The zero-order valence-corrected chi connectivity index (χ0v) is 17.0. The molecule has 4 nitrogen and oxygen atoms in total. The summed E-state index contributed by atoms with van der Waals surface area (Å²) in [5, 5.41) is 3.06. The third-order valence-electron chi connectivity index (χ3n) is 5.98. The number of nitrogens with one attached hydrogen (secondary N) is 1. The number of hydrogen-bond donors (Lipinski definition) is 1. The Hall–Kier alpha value is -2.27. The van der Waals surface area contributed by atoms with Gasteiger partial charge in [-0.15, -0.1) is 11.8 Å². The van der Waals surface area contributed by atoms with Gasteiger partial charge in [-0.2, -0.15) is 0 Å². The molecule has 2 amide bonds. The third-order valence-corrected chi connectivity index (χ3v) is 6.71. The number of carbonyl (C=O) groups is 2. The minimum absolute atomic E-state index is 0.0204. The summed E-state index contributed by atoms with van der Waals surface area (Å²) in [7, 11) is 0. The van der Waals surface area contributed by atoms with Crippen molar-refractivity contribution >= 4 is 29.3 Å². The van der Waals surface area contributed by atoms with Crippen molar-refractivity contribution in [3.8, 4) is 0 Å². The van der Waals surface area contributed by atoms with E-state index in [-0.39, 0.29) is 17.9 Å². The summed E-state index contributed by atoms with van der Waals surface area (Å²) in [6.45, 7) is 0. The second kappa shape index (κ2) is 8.39. The fourth-order valence-corrected chi connectivity index (χ4v) is 5.10. The number of amides is 2. The second-order valence-corrected chi connectivity index (χ2v) is 8.54. The van der Waals surface area contributed by atoms with Crippen LogP contribution in [0.2, 0.25) is 0 Å². The average Bonchev–Trinajstić information content (AvgIpc) is 3.14. The van der Waals surface area contributed by atoms with Gasteiger partial charge in [0.2, 0.25) is 5.91 Å². The molecular formula is C23H26N2O2S. The van der Waals surface area contributed by atoms with E-state index in [0.717, 1.165) is 36.3 Å². The molecule has 2 aromatic carbocycles. The Morgan fingerprint density at radius 2 is 1.82 bits per heavy atom.